The molecule has 3 aromatic rings. The van der Waals surface area contributed by atoms with Crippen LogP contribution in [0.4, 0.5) is 0 Å². The normalized spacial score (nSPS) is 17.8. The highest BCUT2D eigenvalue weighted by Crippen LogP contribution is 2.36. The number of nitrogens with two attached hydrogens (primary N) is 1. The zero-order valence-corrected chi connectivity index (χ0v) is 13.6. The second-order valence-corrected chi connectivity index (χ2v) is 7.19. The molecule has 4 rings (SSSR count). The van der Waals surface area contributed by atoms with Crippen molar-refractivity contribution in [1.29, 1.82) is 0 Å². The molecule has 0 bridgehead atoms. The Morgan fingerprint density at radius 2 is 2.36 bits per heavy atom. The van der Waals surface area contributed by atoms with Gasteiger partial charge in [0.25, 0.3) is 0 Å². The molecule has 0 radical (unpaired) electrons. The van der Waals surface area contributed by atoms with Crippen molar-refractivity contribution in [3.63, 3.8) is 0 Å². The second kappa shape index (κ2) is 5.48. The van der Waals surface area contributed by atoms with E-state index in [2.05, 4.69) is 22.4 Å². The highest BCUT2D eigenvalue weighted by Gasteiger charge is 2.25. The summed E-state index contributed by atoms with van der Waals surface area (Å²) in [5.74, 6) is 0.784. The first-order valence-corrected chi connectivity index (χ1v) is 8.72. The smallest absolute Gasteiger partial charge is 0.194 e. The molecule has 2 N–H and O–H groups in total. The van der Waals surface area contributed by atoms with E-state index in [9.17, 15) is 0 Å². The molecule has 5 heteroatoms. The van der Waals surface area contributed by atoms with Crippen molar-refractivity contribution >= 4 is 16.3 Å². The molecule has 4 nitrogen and oxygen atoms in total. The monoisotopic (exact) mass is 312 g/mol. The summed E-state index contributed by atoms with van der Waals surface area (Å²) in [5.41, 5.74) is 10.7. The molecule has 22 heavy (non-hydrogen) atoms. The van der Waals surface area contributed by atoms with Gasteiger partial charge in [-0.3, -0.25) is 9.38 Å². The Morgan fingerprint density at radius 3 is 3.14 bits per heavy atom. The van der Waals surface area contributed by atoms with Gasteiger partial charge in [0.1, 0.15) is 0 Å². The van der Waals surface area contributed by atoms with Gasteiger partial charge in [-0.2, -0.15) is 0 Å². The number of hydrogen-bond acceptors (Lipinski definition) is 4. The fraction of sp³-hybridized carbons (Fsp3) is 0.412. The highest BCUT2D eigenvalue weighted by molar-refractivity contribution is 7.17. The number of fused-ring (bicyclic) bond motifs is 3. The van der Waals surface area contributed by atoms with E-state index < -0.39 is 0 Å². The van der Waals surface area contributed by atoms with Crippen LogP contribution in [0.5, 0.6) is 0 Å². The van der Waals surface area contributed by atoms with Gasteiger partial charge in [0, 0.05) is 34.9 Å². The van der Waals surface area contributed by atoms with Crippen molar-refractivity contribution in [2.45, 2.75) is 32.6 Å². The van der Waals surface area contributed by atoms with Gasteiger partial charge < -0.3 is 5.73 Å². The average molecular weight is 312 g/mol. The zero-order chi connectivity index (χ0) is 15.1. The lowest BCUT2D eigenvalue weighted by Gasteiger charge is -2.18. The molecule has 0 saturated carbocycles. The Labute approximate surface area is 134 Å². The predicted octanol–water partition coefficient (Wildman–Crippen LogP) is 3.08. The van der Waals surface area contributed by atoms with Crippen LogP contribution in [0.25, 0.3) is 16.2 Å². The van der Waals surface area contributed by atoms with Crippen LogP contribution in [0.15, 0.2) is 24.5 Å². The number of aromatic nitrogens is 3. The third-order valence-corrected chi connectivity index (χ3v) is 5.58. The quantitative estimate of drug-likeness (QED) is 0.808. The van der Waals surface area contributed by atoms with Crippen LogP contribution >= 0.6 is 11.3 Å². The van der Waals surface area contributed by atoms with Crippen LogP contribution < -0.4 is 5.73 Å². The molecule has 0 fully saturated rings. The molecule has 3 aromatic heterocycles. The number of rotatable bonds is 3. The van der Waals surface area contributed by atoms with Gasteiger partial charge in [-0.1, -0.05) is 6.92 Å². The molecule has 0 aromatic carbocycles. The van der Waals surface area contributed by atoms with Gasteiger partial charge in [0.15, 0.2) is 4.96 Å². The van der Waals surface area contributed by atoms with Crippen LogP contribution in [0, 0.1) is 5.92 Å². The number of pyridine rings is 1. The molecule has 114 valence electrons. The maximum Gasteiger partial charge on any atom is 0.194 e. The summed E-state index contributed by atoms with van der Waals surface area (Å²) in [7, 11) is 0. The van der Waals surface area contributed by atoms with E-state index in [1.54, 1.807) is 6.20 Å². The van der Waals surface area contributed by atoms with E-state index in [1.807, 2.05) is 23.6 Å². The van der Waals surface area contributed by atoms with Gasteiger partial charge in [-0.05, 0) is 43.9 Å². The Morgan fingerprint density at radius 1 is 1.45 bits per heavy atom. The molecule has 3 heterocycles. The van der Waals surface area contributed by atoms with Crippen molar-refractivity contribution in [1.82, 2.24) is 14.4 Å². The van der Waals surface area contributed by atoms with Crippen molar-refractivity contribution in [3.8, 4) is 11.3 Å². The number of thiazole rings is 1. The summed E-state index contributed by atoms with van der Waals surface area (Å²) in [4.78, 5) is 11.8. The highest BCUT2D eigenvalue weighted by atomic mass is 32.1. The SMILES string of the molecule is CC1CCc2c(sc3nc(-c4cccnc4)c(CCN)n23)C1. The first-order chi connectivity index (χ1) is 10.8. The fourth-order valence-corrected chi connectivity index (χ4v) is 4.73. The number of imidazole rings is 1. The summed E-state index contributed by atoms with van der Waals surface area (Å²) in [5, 5.41) is 0. The van der Waals surface area contributed by atoms with Crippen molar-refractivity contribution in [2.75, 3.05) is 6.54 Å². The molecular weight excluding hydrogens is 292 g/mol. The van der Waals surface area contributed by atoms with Gasteiger partial charge >= 0.3 is 0 Å². The number of nitrogens with zero attached hydrogens (tertiary/aromatic N) is 3. The average Bonchev–Trinajstić information content (AvgIpc) is 3.05. The van der Waals surface area contributed by atoms with Crippen LogP contribution in [-0.4, -0.2) is 20.9 Å². The zero-order valence-electron chi connectivity index (χ0n) is 12.7. The summed E-state index contributed by atoms with van der Waals surface area (Å²) in [6.45, 7) is 2.98. The van der Waals surface area contributed by atoms with Crippen molar-refractivity contribution in [2.24, 2.45) is 11.7 Å². The van der Waals surface area contributed by atoms with Gasteiger partial charge in [0.05, 0.1) is 11.4 Å². The van der Waals surface area contributed by atoms with Crippen LogP contribution in [0.3, 0.4) is 0 Å². The van der Waals surface area contributed by atoms with Gasteiger partial charge in [-0.15, -0.1) is 11.3 Å². The maximum absolute atomic E-state index is 5.87. The molecule has 0 aliphatic heterocycles. The van der Waals surface area contributed by atoms with E-state index in [1.165, 1.54) is 29.1 Å². The molecule has 1 atom stereocenters. The number of aryl methyl sites for hydroxylation is 1. The minimum atomic E-state index is 0.641. The first kappa shape index (κ1) is 13.9. The van der Waals surface area contributed by atoms with Gasteiger partial charge in [0.2, 0.25) is 0 Å². The molecular formula is C17H20N4S. The van der Waals surface area contributed by atoms with E-state index >= 15 is 0 Å². The molecule has 0 saturated heterocycles. The molecule has 0 spiro atoms. The Bertz CT molecular complexity index is 803. The lowest BCUT2D eigenvalue weighted by Crippen LogP contribution is -2.13. The third-order valence-electron chi connectivity index (χ3n) is 4.47. The topological polar surface area (TPSA) is 56.2 Å². The van der Waals surface area contributed by atoms with E-state index in [0.717, 1.165) is 35.0 Å². The molecule has 1 aliphatic carbocycles. The van der Waals surface area contributed by atoms with Gasteiger partial charge in [-0.25, -0.2) is 4.98 Å². The summed E-state index contributed by atoms with van der Waals surface area (Å²) in [6, 6.07) is 4.04. The summed E-state index contributed by atoms with van der Waals surface area (Å²) in [6.07, 6.45) is 8.14. The number of hydrogen-bond donors (Lipinski definition) is 1. The standard InChI is InChI=1S/C17H20N4S/c1-11-4-5-13-15(9-11)22-17-20-16(12-3-2-8-19-10-12)14(6-7-18)21(13)17/h2-3,8,10-11H,4-7,9,18H2,1H3. The second-order valence-electron chi connectivity index (χ2n) is 6.13. The summed E-state index contributed by atoms with van der Waals surface area (Å²) >= 11 is 1.85. The van der Waals surface area contributed by atoms with Crippen molar-refractivity contribution in [3.05, 3.63) is 40.8 Å². The fourth-order valence-electron chi connectivity index (χ4n) is 3.39. The minimum absolute atomic E-state index is 0.641. The first-order valence-electron chi connectivity index (χ1n) is 7.90. The Balaban J connectivity index is 1.92. The van der Waals surface area contributed by atoms with E-state index in [-0.39, 0.29) is 0 Å². The molecule has 1 unspecified atom stereocenters. The van der Waals surface area contributed by atoms with Crippen molar-refractivity contribution < 1.29 is 0 Å². The third kappa shape index (κ3) is 2.16. The predicted molar refractivity (Wildman–Crippen MR) is 90.2 cm³/mol. The maximum atomic E-state index is 5.87. The lowest BCUT2D eigenvalue weighted by molar-refractivity contribution is 0.498. The van der Waals surface area contributed by atoms with E-state index in [0.29, 0.717) is 6.54 Å². The molecule has 1 aliphatic rings. The minimum Gasteiger partial charge on any atom is -0.330 e. The van der Waals surface area contributed by atoms with Crippen LogP contribution in [-0.2, 0) is 19.3 Å². The lowest BCUT2D eigenvalue weighted by atomic mass is 9.93. The summed E-state index contributed by atoms with van der Waals surface area (Å²) < 4.78 is 2.38. The molecule has 0 amide bonds. The van der Waals surface area contributed by atoms with Crippen LogP contribution in [0.1, 0.15) is 29.6 Å². The van der Waals surface area contributed by atoms with Crippen LogP contribution in [0.2, 0.25) is 0 Å². The van der Waals surface area contributed by atoms with E-state index in [4.69, 9.17) is 10.7 Å². The largest absolute Gasteiger partial charge is 0.330 e. The Kier molecular flexibility index (Phi) is 3.47. The Hall–Kier alpha value is -1.72.